The quantitative estimate of drug-likeness (QED) is 0.146. The molecule has 1 unspecified atom stereocenters. The van der Waals surface area contributed by atoms with Crippen molar-refractivity contribution < 1.29 is 38.1 Å². The molecule has 0 radical (unpaired) electrons. The molecule has 0 saturated carbocycles. The first-order valence-corrected chi connectivity index (χ1v) is 10.6. The number of benzene rings is 2. The molecule has 0 aromatic heterocycles. The highest BCUT2D eigenvalue weighted by Crippen LogP contribution is 2.14. The van der Waals surface area contributed by atoms with Crippen molar-refractivity contribution in [2.24, 2.45) is 4.99 Å². The molecule has 0 aliphatic heterocycles. The van der Waals surface area contributed by atoms with E-state index in [0.717, 1.165) is 0 Å². The van der Waals surface area contributed by atoms with Gasteiger partial charge in [-0.25, -0.2) is 24.1 Å². The Bertz CT molecular complexity index is 996. The van der Waals surface area contributed by atoms with Crippen molar-refractivity contribution in [1.29, 1.82) is 5.26 Å². The van der Waals surface area contributed by atoms with Gasteiger partial charge in [-0.2, -0.15) is 10.3 Å². The van der Waals surface area contributed by atoms with Crippen molar-refractivity contribution in [3.05, 3.63) is 60.7 Å². The predicted molar refractivity (Wildman–Crippen MR) is 120 cm³/mol. The summed E-state index contributed by atoms with van der Waals surface area (Å²) in [4.78, 5) is 52.4. The van der Waals surface area contributed by atoms with E-state index in [1.807, 2.05) is 0 Å². The fourth-order valence-electron chi connectivity index (χ4n) is 2.74. The van der Waals surface area contributed by atoms with Crippen LogP contribution in [0, 0.1) is 11.5 Å². The van der Waals surface area contributed by atoms with Crippen LogP contribution < -0.4 is 9.47 Å². The van der Waals surface area contributed by atoms with Gasteiger partial charge in [-0.3, -0.25) is 0 Å². The molecule has 2 aromatic carbocycles. The molecule has 0 N–H and O–H groups in total. The SMILES string of the molecule is N#COCCCCC(N=C=O)C(=O)OCCN(C(=O)Oc1ccccc1)C(=O)Oc1ccccc1. The van der Waals surface area contributed by atoms with Crippen molar-refractivity contribution in [2.45, 2.75) is 25.3 Å². The van der Waals surface area contributed by atoms with Gasteiger partial charge in [0.1, 0.15) is 24.7 Å². The molecule has 0 aliphatic rings. The average molecular weight is 481 g/mol. The van der Waals surface area contributed by atoms with Crippen LogP contribution in [-0.2, 0) is 19.1 Å². The van der Waals surface area contributed by atoms with Gasteiger partial charge in [0.2, 0.25) is 6.08 Å². The standard InChI is InChI=1S/C24H23N3O8/c25-17-32-15-8-7-13-21(26-18-28)22(29)33-16-14-27(23(30)34-19-9-3-1-4-10-19)24(31)35-20-11-5-2-6-12-20/h1-6,9-12,21H,7-8,13-16H2. The largest absolute Gasteiger partial charge is 0.462 e. The summed E-state index contributed by atoms with van der Waals surface area (Å²) in [6, 6.07) is 15.1. The molecule has 0 spiro atoms. The van der Waals surface area contributed by atoms with Crippen LogP contribution in [0.1, 0.15) is 19.3 Å². The van der Waals surface area contributed by atoms with Crippen molar-refractivity contribution in [3.63, 3.8) is 0 Å². The molecule has 0 bridgehead atoms. The number of carbonyl (C=O) groups excluding carboxylic acids is 4. The zero-order valence-electron chi connectivity index (χ0n) is 18.7. The third-order valence-electron chi connectivity index (χ3n) is 4.42. The molecule has 2 amide bonds. The molecule has 2 aromatic rings. The van der Waals surface area contributed by atoms with Crippen LogP contribution in [0.3, 0.4) is 0 Å². The fraction of sp³-hybridized carbons (Fsp3) is 0.292. The number of ether oxygens (including phenoxy) is 4. The average Bonchev–Trinajstić information content (AvgIpc) is 2.86. The maximum atomic E-state index is 12.6. The molecular weight excluding hydrogens is 458 g/mol. The maximum absolute atomic E-state index is 12.6. The second-order valence-electron chi connectivity index (χ2n) is 6.85. The topological polar surface area (TPSA) is 145 Å². The number of amides is 2. The minimum absolute atomic E-state index is 0.165. The summed E-state index contributed by atoms with van der Waals surface area (Å²) in [7, 11) is 0. The summed E-state index contributed by atoms with van der Waals surface area (Å²) in [5.41, 5.74) is 0. The van der Waals surface area contributed by atoms with Gasteiger partial charge in [-0.05, 0) is 43.5 Å². The lowest BCUT2D eigenvalue weighted by Crippen LogP contribution is -2.43. The zero-order chi connectivity index (χ0) is 25.3. The summed E-state index contributed by atoms with van der Waals surface area (Å²) >= 11 is 0. The van der Waals surface area contributed by atoms with E-state index in [1.54, 1.807) is 36.4 Å². The molecule has 0 fully saturated rings. The Hall–Kier alpha value is -4.68. The lowest BCUT2D eigenvalue weighted by atomic mass is 10.1. The molecule has 0 heterocycles. The van der Waals surface area contributed by atoms with Gasteiger partial charge >= 0.3 is 18.2 Å². The Morgan fingerprint density at radius 2 is 1.46 bits per heavy atom. The van der Waals surface area contributed by atoms with E-state index in [0.29, 0.717) is 17.7 Å². The number of aliphatic imine (C=N–C) groups is 1. The highest BCUT2D eigenvalue weighted by Gasteiger charge is 2.27. The Kier molecular flexibility index (Phi) is 11.5. The summed E-state index contributed by atoms with van der Waals surface area (Å²) in [5.74, 6) is -0.428. The Morgan fingerprint density at radius 1 is 0.886 bits per heavy atom. The zero-order valence-corrected chi connectivity index (χ0v) is 18.7. The molecule has 0 aliphatic carbocycles. The van der Waals surface area contributed by atoms with E-state index in [1.165, 1.54) is 36.6 Å². The molecule has 2 rings (SSSR count). The summed E-state index contributed by atoms with van der Waals surface area (Å²) < 4.78 is 20.1. The minimum Gasteiger partial charge on any atom is -0.462 e. The number of para-hydroxylation sites is 2. The number of hydrogen-bond acceptors (Lipinski definition) is 10. The third kappa shape index (κ3) is 9.77. The normalized spacial score (nSPS) is 10.6. The summed E-state index contributed by atoms with van der Waals surface area (Å²) in [6.07, 6.45) is 1.86. The molecule has 11 nitrogen and oxygen atoms in total. The van der Waals surface area contributed by atoms with Crippen molar-refractivity contribution in [2.75, 3.05) is 19.8 Å². The number of esters is 1. The van der Waals surface area contributed by atoms with Gasteiger partial charge in [-0.15, -0.1) is 0 Å². The van der Waals surface area contributed by atoms with Crippen LogP contribution >= 0.6 is 0 Å². The number of isocyanates is 1. The van der Waals surface area contributed by atoms with Crippen LogP contribution in [0.25, 0.3) is 0 Å². The fourth-order valence-corrected chi connectivity index (χ4v) is 2.74. The van der Waals surface area contributed by atoms with Gasteiger partial charge in [0.25, 0.3) is 6.26 Å². The molecule has 182 valence electrons. The van der Waals surface area contributed by atoms with Gasteiger partial charge in [0.05, 0.1) is 6.54 Å². The van der Waals surface area contributed by atoms with Crippen LogP contribution in [0.15, 0.2) is 65.7 Å². The molecular formula is C24H23N3O8. The number of carbonyl (C=O) groups is 3. The number of nitrogens with zero attached hydrogens (tertiary/aromatic N) is 3. The molecule has 35 heavy (non-hydrogen) atoms. The Balaban J connectivity index is 1.98. The first kappa shape index (κ1) is 26.6. The number of imide groups is 1. The van der Waals surface area contributed by atoms with Crippen LogP contribution in [0.5, 0.6) is 11.5 Å². The first-order chi connectivity index (χ1) is 17.0. The lowest BCUT2D eigenvalue weighted by molar-refractivity contribution is -0.145. The van der Waals surface area contributed by atoms with Crippen LogP contribution in [0.2, 0.25) is 0 Å². The number of rotatable bonds is 12. The van der Waals surface area contributed by atoms with Gasteiger partial charge in [-0.1, -0.05) is 36.4 Å². The lowest BCUT2D eigenvalue weighted by Gasteiger charge is -2.20. The van der Waals surface area contributed by atoms with E-state index < -0.39 is 30.8 Å². The Morgan fingerprint density at radius 3 is 1.97 bits per heavy atom. The molecule has 1 atom stereocenters. The minimum atomic E-state index is -1.12. The Labute approximate surface area is 201 Å². The van der Waals surface area contributed by atoms with Gasteiger partial charge < -0.3 is 18.9 Å². The maximum Gasteiger partial charge on any atom is 0.424 e. The van der Waals surface area contributed by atoms with Gasteiger partial charge in [0, 0.05) is 0 Å². The third-order valence-corrected chi connectivity index (χ3v) is 4.42. The summed E-state index contributed by atoms with van der Waals surface area (Å²) in [6.45, 7) is -0.600. The number of nitriles is 1. The van der Waals surface area contributed by atoms with Gasteiger partial charge in [0.15, 0.2) is 6.04 Å². The monoisotopic (exact) mass is 481 g/mol. The second-order valence-corrected chi connectivity index (χ2v) is 6.85. The van der Waals surface area contributed by atoms with E-state index >= 15 is 0 Å². The van der Waals surface area contributed by atoms with E-state index in [2.05, 4.69) is 9.73 Å². The van der Waals surface area contributed by atoms with Crippen LogP contribution in [-0.4, -0.2) is 54.9 Å². The molecule has 0 saturated heterocycles. The van der Waals surface area contributed by atoms with Crippen LogP contribution in [0.4, 0.5) is 9.59 Å². The van der Waals surface area contributed by atoms with Crippen molar-refractivity contribution >= 4 is 24.2 Å². The van der Waals surface area contributed by atoms with Crippen molar-refractivity contribution in [1.82, 2.24) is 4.90 Å². The van der Waals surface area contributed by atoms with Crippen molar-refractivity contribution in [3.8, 4) is 17.8 Å². The smallest absolute Gasteiger partial charge is 0.424 e. The highest BCUT2D eigenvalue weighted by atomic mass is 16.6. The predicted octanol–water partition coefficient (Wildman–Crippen LogP) is 3.60. The molecule has 11 heteroatoms. The second kappa shape index (κ2) is 15.2. The highest BCUT2D eigenvalue weighted by molar-refractivity contribution is 5.90. The number of hydrogen-bond donors (Lipinski definition) is 0. The number of unbranched alkanes of at least 4 members (excludes halogenated alkanes) is 1. The van der Waals surface area contributed by atoms with E-state index in [9.17, 15) is 19.2 Å². The first-order valence-electron chi connectivity index (χ1n) is 10.6. The van der Waals surface area contributed by atoms with E-state index in [-0.39, 0.29) is 31.1 Å². The summed E-state index contributed by atoms with van der Waals surface area (Å²) in [5, 5.41) is 8.35. The van der Waals surface area contributed by atoms with E-state index in [4.69, 9.17) is 19.5 Å².